The van der Waals surface area contributed by atoms with Gasteiger partial charge in [0.05, 0.1) is 12.5 Å². The van der Waals surface area contributed by atoms with Gasteiger partial charge in [-0.15, -0.1) is 0 Å². The largest absolute Gasteiger partial charge is 0.507 e. The van der Waals surface area contributed by atoms with Gasteiger partial charge >= 0.3 is 0 Å². The van der Waals surface area contributed by atoms with E-state index in [1.54, 1.807) is 6.07 Å². The third-order valence-electron chi connectivity index (χ3n) is 5.86. The minimum absolute atomic E-state index is 0.0977. The van der Waals surface area contributed by atoms with Crippen LogP contribution in [0.3, 0.4) is 0 Å². The second-order valence-electron chi connectivity index (χ2n) is 9.37. The lowest BCUT2D eigenvalue weighted by Gasteiger charge is -2.33. The lowest BCUT2D eigenvalue weighted by molar-refractivity contribution is 0.0839. The zero-order valence-corrected chi connectivity index (χ0v) is 20.0. The second-order valence-corrected chi connectivity index (χ2v) is 11.5. The van der Waals surface area contributed by atoms with Crippen LogP contribution >= 0.6 is 15.9 Å². The van der Waals surface area contributed by atoms with Gasteiger partial charge in [0.15, 0.2) is 11.5 Å². The zero-order chi connectivity index (χ0) is 22.7. The van der Waals surface area contributed by atoms with Crippen molar-refractivity contribution in [3.63, 3.8) is 0 Å². The fourth-order valence-corrected chi connectivity index (χ4v) is 4.41. The first-order valence-corrected chi connectivity index (χ1v) is 11.1. The minimum Gasteiger partial charge on any atom is -0.507 e. The molecule has 0 unspecified atom stereocenters. The Morgan fingerprint density at radius 2 is 1.87 bits per heavy atom. The SMILES string of the molecule is COc1c(O)cc2oc3cc4c(c(O)c3c(=O)c2c1CCC(C)(C)Br)CCC(C)(C)O4. The highest BCUT2D eigenvalue weighted by atomic mass is 79.9. The molecule has 1 aliphatic rings. The van der Waals surface area contributed by atoms with Crippen LogP contribution in [0.1, 0.15) is 51.7 Å². The molecule has 2 aromatic carbocycles. The number of phenols is 2. The topological polar surface area (TPSA) is 89.1 Å². The Labute approximate surface area is 188 Å². The van der Waals surface area contributed by atoms with Crippen LogP contribution < -0.4 is 14.9 Å². The maximum atomic E-state index is 13.6. The summed E-state index contributed by atoms with van der Waals surface area (Å²) in [5, 5.41) is 22.0. The number of halogens is 1. The molecule has 6 nitrogen and oxygen atoms in total. The summed E-state index contributed by atoms with van der Waals surface area (Å²) >= 11 is 3.63. The van der Waals surface area contributed by atoms with Crippen molar-refractivity contribution in [1.29, 1.82) is 0 Å². The van der Waals surface area contributed by atoms with Crippen LogP contribution in [0.5, 0.6) is 23.0 Å². The number of benzene rings is 2. The van der Waals surface area contributed by atoms with E-state index in [2.05, 4.69) is 15.9 Å². The fourth-order valence-electron chi connectivity index (χ4n) is 4.21. The smallest absolute Gasteiger partial charge is 0.204 e. The number of methoxy groups -OCH3 is 1. The van der Waals surface area contributed by atoms with Crippen LogP contribution in [0, 0.1) is 0 Å². The molecule has 31 heavy (non-hydrogen) atoms. The van der Waals surface area contributed by atoms with E-state index in [9.17, 15) is 15.0 Å². The summed E-state index contributed by atoms with van der Waals surface area (Å²) in [6.07, 6.45) is 2.50. The zero-order valence-electron chi connectivity index (χ0n) is 18.4. The van der Waals surface area contributed by atoms with Crippen molar-refractivity contribution >= 4 is 37.9 Å². The van der Waals surface area contributed by atoms with Crippen molar-refractivity contribution in [2.24, 2.45) is 0 Å². The molecule has 7 heteroatoms. The van der Waals surface area contributed by atoms with E-state index >= 15 is 0 Å². The highest BCUT2D eigenvalue weighted by molar-refractivity contribution is 9.10. The third-order valence-corrected chi connectivity index (χ3v) is 6.26. The second kappa shape index (κ2) is 7.33. The number of aryl methyl sites for hydroxylation is 1. The molecule has 4 rings (SSSR count). The fraction of sp³-hybridized carbons (Fsp3) is 0.458. The van der Waals surface area contributed by atoms with Crippen molar-refractivity contribution in [1.82, 2.24) is 0 Å². The van der Waals surface area contributed by atoms with Crippen LogP contribution in [0.2, 0.25) is 0 Å². The molecule has 0 spiro atoms. The predicted octanol–water partition coefficient (Wildman–Crippen LogP) is 5.58. The average Bonchev–Trinajstić information content (AvgIpc) is 2.64. The molecular weight excluding hydrogens is 464 g/mol. The summed E-state index contributed by atoms with van der Waals surface area (Å²) in [5.41, 5.74) is 0.936. The molecule has 1 aromatic heterocycles. The Bertz CT molecular complexity index is 1250. The number of ether oxygens (including phenoxy) is 2. The Morgan fingerprint density at radius 3 is 2.52 bits per heavy atom. The van der Waals surface area contributed by atoms with Gasteiger partial charge in [0, 0.05) is 27.6 Å². The molecule has 2 heterocycles. The Morgan fingerprint density at radius 1 is 1.19 bits per heavy atom. The van der Waals surface area contributed by atoms with Gasteiger partial charge in [0.25, 0.3) is 0 Å². The first-order chi connectivity index (χ1) is 14.4. The van der Waals surface area contributed by atoms with E-state index in [1.165, 1.54) is 13.2 Å². The molecule has 2 N–H and O–H groups in total. The van der Waals surface area contributed by atoms with E-state index < -0.39 is 0 Å². The van der Waals surface area contributed by atoms with Crippen LogP contribution in [0.25, 0.3) is 21.9 Å². The number of hydrogen-bond donors (Lipinski definition) is 2. The summed E-state index contributed by atoms with van der Waals surface area (Å²) in [7, 11) is 1.46. The van der Waals surface area contributed by atoms with Crippen LogP contribution in [-0.4, -0.2) is 27.2 Å². The van der Waals surface area contributed by atoms with Crippen molar-refractivity contribution in [2.45, 2.75) is 63.3 Å². The first-order valence-electron chi connectivity index (χ1n) is 10.3. The number of aromatic hydroxyl groups is 2. The molecule has 166 valence electrons. The van der Waals surface area contributed by atoms with E-state index in [4.69, 9.17) is 13.9 Å². The lowest BCUT2D eigenvalue weighted by Crippen LogP contribution is -2.32. The molecule has 0 atom stereocenters. The van der Waals surface area contributed by atoms with Gasteiger partial charge in [-0.25, -0.2) is 0 Å². The highest BCUT2D eigenvalue weighted by Gasteiger charge is 2.31. The standard InChI is InChI=1S/C24H27BrO6/c1-23(2,25)8-6-13-18-16(10-14(26)22(13)29-5)30-17-11-15-12(7-9-24(3,4)31-15)20(27)19(17)21(18)28/h10-11,26-27H,6-9H2,1-5H3. The number of alkyl halides is 1. The van der Waals surface area contributed by atoms with Gasteiger partial charge in [-0.1, -0.05) is 29.8 Å². The summed E-state index contributed by atoms with van der Waals surface area (Å²) in [4.78, 5) is 13.6. The third kappa shape index (κ3) is 3.84. The van der Waals surface area contributed by atoms with E-state index in [0.29, 0.717) is 41.5 Å². The minimum atomic E-state index is -0.369. The molecule has 1 aliphatic heterocycles. The molecule has 0 saturated heterocycles. The number of hydrogen-bond acceptors (Lipinski definition) is 6. The molecule has 0 bridgehead atoms. The molecule has 0 amide bonds. The van der Waals surface area contributed by atoms with Gasteiger partial charge in [0.2, 0.25) is 5.43 Å². The quantitative estimate of drug-likeness (QED) is 0.366. The van der Waals surface area contributed by atoms with Gasteiger partial charge in [-0.2, -0.15) is 0 Å². The molecule has 0 fully saturated rings. The summed E-state index contributed by atoms with van der Waals surface area (Å²) in [6.45, 7) is 8.02. The van der Waals surface area contributed by atoms with Gasteiger partial charge in [-0.05, 0) is 39.5 Å². The summed E-state index contributed by atoms with van der Waals surface area (Å²) in [5.74, 6) is 0.568. The van der Waals surface area contributed by atoms with E-state index in [-0.39, 0.29) is 49.2 Å². The maximum absolute atomic E-state index is 13.6. The van der Waals surface area contributed by atoms with Crippen LogP contribution in [0.15, 0.2) is 21.3 Å². The summed E-state index contributed by atoms with van der Waals surface area (Å²) in [6, 6.07) is 3.05. The van der Waals surface area contributed by atoms with Crippen molar-refractivity contribution in [3.8, 4) is 23.0 Å². The van der Waals surface area contributed by atoms with Crippen LogP contribution in [-0.2, 0) is 12.8 Å². The molecule has 3 aromatic rings. The molecular formula is C24H27BrO6. The summed E-state index contributed by atoms with van der Waals surface area (Å²) < 4.78 is 17.3. The monoisotopic (exact) mass is 490 g/mol. The van der Waals surface area contributed by atoms with Gasteiger partial charge in [-0.3, -0.25) is 4.79 Å². The molecule has 0 aliphatic carbocycles. The van der Waals surface area contributed by atoms with E-state index in [0.717, 1.165) is 6.42 Å². The normalized spacial score (nSPS) is 15.7. The van der Waals surface area contributed by atoms with Crippen molar-refractivity contribution in [2.75, 3.05) is 7.11 Å². The first kappa shape index (κ1) is 21.8. The number of phenolic OH excluding ortho intramolecular Hbond substituents is 2. The number of fused-ring (bicyclic) bond motifs is 3. The highest BCUT2D eigenvalue weighted by Crippen LogP contribution is 2.44. The van der Waals surface area contributed by atoms with Crippen LogP contribution in [0.4, 0.5) is 0 Å². The van der Waals surface area contributed by atoms with Crippen molar-refractivity contribution < 1.29 is 24.1 Å². The Hall–Kier alpha value is -2.41. The Kier molecular flexibility index (Phi) is 5.16. The number of rotatable bonds is 4. The molecule has 0 saturated carbocycles. The molecule has 0 radical (unpaired) electrons. The Balaban J connectivity index is 2.04. The predicted molar refractivity (Wildman–Crippen MR) is 124 cm³/mol. The van der Waals surface area contributed by atoms with Gasteiger partial charge < -0.3 is 24.1 Å². The van der Waals surface area contributed by atoms with E-state index in [1.807, 2.05) is 27.7 Å². The average molecular weight is 491 g/mol. The van der Waals surface area contributed by atoms with Crippen molar-refractivity contribution in [3.05, 3.63) is 33.5 Å². The van der Waals surface area contributed by atoms with Gasteiger partial charge in [0.1, 0.15) is 33.7 Å². The lowest BCUT2D eigenvalue weighted by atomic mass is 9.92. The maximum Gasteiger partial charge on any atom is 0.204 e.